The van der Waals surface area contributed by atoms with Crippen molar-refractivity contribution in [3.05, 3.63) is 0 Å². The molecule has 0 atom stereocenters. The third kappa shape index (κ3) is 4.80. The number of nitrogens with zero attached hydrogens (tertiary/aromatic N) is 2. The van der Waals surface area contributed by atoms with Gasteiger partial charge in [0.2, 0.25) is 0 Å². The molecule has 0 aromatic carbocycles. The minimum atomic E-state index is 1.32. The van der Waals surface area contributed by atoms with E-state index in [4.69, 9.17) is 5.26 Å². The van der Waals surface area contributed by atoms with Gasteiger partial charge in [0.25, 0.3) is 0 Å². The summed E-state index contributed by atoms with van der Waals surface area (Å²) >= 11 is 0. The lowest BCUT2D eigenvalue weighted by Gasteiger charge is -2.25. The van der Waals surface area contributed by atoms with Crippen molar-refractivity contribution in [2.45, 2.75) is 32.6 Å². The number of nitriles is 1. The molecule has 2 heteroatoms. The van der Waals surface area contributed by atoms with Crippen LogP contribution < -0.4 is 0 Å². The Kier molecular flexibility index (Phi) is 7.18. The third-order valence-electron chi connectivity index (χ3n) is 1.99. The fourth-order valence-corrected chi connectivity index (χ4v) is 1.50. The van der Waals surface area contributed by atoms with Gasteiger partial charge in [-0.2, -0.15) is 0 Å². The normalized spacial score (nSPS) is 18.5. The summed E-state index contributed by atoms with van der Waals surface area (Å²) in [6, 6.07) is 0. The summed E-state index contributed by atoms with van der Waals surface area (Å²) in [6.45, 7) is 9.79. The van der Waals surface area contributed by atoms with Crippen molar-refractivity contribution in [1.29, 1.82) is 5.26 Å². The van der Waals surface area contributed by atoms with Gasteiger partial charge < -0.3 is 4.90 Å². The molecule has 0 unspecified atom stereocenters. The molecule has 1 fully saturated rings. The van der Waals surface area contributed by atoms with E-state index < -0.39 is 0 Å². The van der Waals surface area contributed by atoms with E-state index in [0.717, 1.165) is 0 Å². The van der Waals surface area contributed by atoms with Gasteiger partial charge in [-0.25, -0.2) is 5.26 Å². The van der Waals surface area contributed by atoms with Crippen LogP contribution in [0, 0.1) is 11.8 Å². The second kappa shape index (κ2) is 7.56. The van der Waals surface area contributed by atoms with Crippen molar-refractivity contribution in [2.24, 2.45) is 0 Å². The molecule has 0 aromatic rings. The summed E-state index contributed by atoms with van der Waals surface area (Å²) in [7, 11) is 0. The summed E-state index contributed by atoms with van der Waals surface area (Å²) in [5.41, 5.74) is 0. The maximum atomic E-state index is 6.50. The molecular weight excluding hydrogens is 136 g/mol. The van der Waals surface area contributed by atoms with Crippen LogP contribution in [-0.2, 0) is 0 Å². The molecule has 2 nitrogen and oxygen atoms in total. The SMILES string of the molecule is C#N.CCCN1CCCCC1. The molecule has 0 spiro atoms. The second-order valence-electron chi connectivity index (χ2n) is 2.90. The Morgan fingerprint density at radius 1 is 1.18 bits per heavy atom. The number of rotatable bonds is 2. The van der Waals surface area contributed by atoms with Gasteiger partial charge in [-0.3, -0.25) is 0 Å². The summed E-state index contributed by atoms with van der Waals surface area (Å²) < 4.78 is 0. The molecule has 1 aliphatic heterocycles. The van der Waals surface area contributed by atoms with Crippen molar-refractivity contribution in [3.63, 3.8) is 0 Å². The zero-order valence-corrected chi connectivity index (χ0v) is 7.42. The van der Waals surface area contributed by atoms with Gasteiger partial charge in [-0.05, 0) is 38.9 Å². The van der Waals surface area contributed by atoms with Gasteiger partial charge in [0, 0.05) is 6.57 Å². The van der Waals surface area contributed by atoms with Crippen LogP contribution in [0.15, 0.2) is 0 Å². The van der Waals surface area contributed by atoms with E-state index in [1.54, 1.807) is 0 Å². The molecule has 0 radical (unpaired) electrons. The smallest absolute Gasteiger partial charge is 0.0462 e. The number of hydrogen-bond donors (Lipinski definition) is 0. The van der Waals surface area contributed by atoms with Gasteiger partial charge in [0.05, 0.1) is 0 Å². The van der Waals surface area contributed by atoms with Crippen molar-refractivity contribution in [3.8, 4) is 6.57 Å². The average Bonchev–Trinajstić information content (AvgIpc) is 2.11. The standard InChI is InChI=1S/C8H17N.CHN/c1-2-6-9-7-4-3-5-8-9;1-2/h2-8H2,1H3;1H. The van der Waals surface area contributed by atoms with Crippen molar-refractivity contribution < 1.29 is 0 Å². The van der Waals surface area contributed by atoms with Crippen LogP contribution in [0.25, 0.3) is 0 Å². The van der Waals surface area contributed by atoms with Crippen molar-refractivity contribution >= 4 is 0 Å². The highest BCUT2D eigenvalue weighted by Gasteiger charge is 2.07. The molecular formula is C9H18N2. The summed E-state index contributed by atoms with van der Waals surface area (Å²) in [4.78, 5) is 2.57. The molecule has 0 N–H and O–H groups in total. The highest BCUT2D eigenvalue weighted by molar-refractivity contribution is 4.62. The van der Waals surface area contributed by atoms with Crippen LogP contribution in [0.3, 0.4) is 0 Å². The van der Waals surface area contributed by atoms with Gasteiger partial charge in [-0.1, -0.05) is 13.3 Å². The van der Waals surface area contributed by atoms with Crippen LogP contribution >= 0.6 is 0 Å². The predicted molar refractivity (Wildman–Crippen MR) is 47.3 cm³/mol. The van der Waals surface area contributed by atoms with E-state index in [2.05, 4.69) is 18.4 Å². The zero-order chi connectivity index (χ0) is 8.53. The summed E-state index contributed by atoms with van der Waals surface area (Å²) in [5.74, 6) is 0. The van der Waals surface area contributed by atoms with Gasteiger partial charge in [0.15, 0.2) is 0 Å². The molecule has 64 valence electrons. The predicted octanol–water partition coefficient (Wildman–Crippen LogP) is 2.02. The first-order valence-corrected chi connectivity index (χ1v) is 4.41. The van der Waals surface area contributed by atoms with E-state index in [9.17, 15) is 0 Å². The van der Waals surface area contributed by atoms with E-state index in [1.165, 1.54) is 45.3 Å². The molecule has 0 saturated carbocycles. The lowest BCUT2D eigenvalue weighted by Crippen LogP contribution is -2.30. The van der Waals surface area contributed by atoms with Gasteiger partial charge in [0.1, 0.15) is 0 Å². The lowest BCUT2D eigenvalue weighted by molar-refractivity contribution is 0.229. The molecule has 1 rings (SSSR count). The van der Waals surface area contributed by atoms with Crippen LogP contribution in [-0.4, -0.2) is 24.5 Å². The highest BCUT2D eigenvalue weighted by atomic mass is 15.1. The second-order valence-corrected chi connectivity index (χ2v) is 2.90. The monoisotopic (exact) mass is 154 g/mol. The number of piperidine rings is 1. The molecule has 0 aromatic heterocycles. The maximum absolute atomic E-state index is 6.50. The fraction of sp³-hybridized carbons (Fsp3) is 0.889. The first kappa shape index (κ1) is 10.4. The largest absolute Gasteiger partial charge is 0.303 e. The molecule has 0 bridgehead atoms. The Balaban J connectivity index is 0.000000461. The molecule has 0 aliphatic carbocycles. The van der Waals surface area contributed by atoms with E-state index in [0.29, 0.717) is 0 Å². The third-order valence-corrected chi connectivity index (χ3v) is 1.99. The van der Waals surface area contributed by atoms with Crippen LogP contribution in [0.4, 0.5) is 0 Å². The van der Waals surface area contributed by atoms with Crippen LogP contribution in [0.5, 0.6) is 0 Å². The molecule has 11 heavy (non-hydrogen) atoms. The molecule has 1 saturated heterocycles. The van der Waals surface area contributed by atoms with Crippen molar-refractivity contribution in [2.75, 3.05) is 19.6 Å². The topological polar surface area (TPSA) is 27.0 Å². The molecule has 0 amide bonds. The number of hydrogen-bond acceptors (Lipinski definition) is 2. The zero-order valence-electron chi connectivity index (χ0n) is 7.42. The Morgan fingerprint density at radius 3 is 2.18 bits per heavy atom. The first-order valence-electron chi connectivity index (χ1n) is 4.41. The summed E-state index contributed by atoms with van der Waals surface area (Å²) in [6.07, 6.45) is 5.64. The van der Waals surface area contributed by atoms with Crippen molar-refractivity contribution in [1.82, 2.24) is 4.90 Å². The Morgan fingerprint density at radius 2 is 1.73 bits per heavy atom. The van der Waals surface area contributed by atoms with E-state index in [1.807, 2.05) is 0 Å². The Bertz CT molecular complexity index is 90.2. The maximum Gasteiger partial charge on any atom is 0.0462 e. The molecule has 1 heterocycles. The minimum Gasteiger partial charge on any atom is -0.303 e. The average molecular weight is 154 g/mol. The van der Waals surface area contributed by atoms with Gasteiger partial charge in [-0.15, -0.1) is 0 Å². The Hall–Kier alpha value is -0.550. The minimum absolute atomic E-state index is 1.32. The fourth-order valence-electron chi connectivity index (χ4n) is 1.50. The quantitative estimate of drug-likeness (QED) is 0.608. The lowest BCUT2D eigenvalue weighted by atomic mass is 10.1. The Labute approximate surface area is 69.8 Å². The van der Waals surface area contributed by atoms with E-state index in [-0.39, 0.29) is 0 Å². The molecule has 1 aliphatic rings. The van der Waals surface area contributed by atoms with Crippen LogP contribution in [0.1, 0.15) is 32.6 Å². The van der Waals surface area contributed by atoms with Crippen LogP contribution in [0.2, 0.25) is 0 Å². The van der Waals surface area contributed by atoms with E-state index >= 15 is 0 Å². The van der Waals surface area contributed by atoms with Gasteiger partial charge >= 0.3 is 0 Å². The highest BCUT2D eigenvalue weighted by Crippen LogP contribution is 2.07. The number of likely N-dealkylation sites (tertiary alicyclic amines) is 1. The first-order chi connectivity index (χ1) is 5.43. The summed E-state index contributed by atoms with van der Waals surface area (Å²) in [5, 5.41) is 6.50.